The lowest BCUT2D eigenvalue weighted by molar-refractivity contribution is 0.315. The first-order valence-electron chi connectivity index (χ1n) is 8.79. The van der Waals surface area contributed by atoms with Crippen molar-refractivity contribution in [2.45, 2.75) is 77.6 Å². The van der Waals surface area contributed by atoms with Gasteiger partial charge < -0.3 is 10.6 Å². The standard InChI is InChI=1S/C17H36N2/c1-2-3-4-5-6-7-8-9-10-11-13-19-14-12-17(15-18)16-19/h17H,2-16,18H2,1H3. The Balaban J connectivity index is 1.77. The van der Waals surface area contributed by atoms with Crippen LogP contribution in [0.1, 0.15) is 77.6 Å². The molecule has 0 amide bonds. The minimum absolute atomic E-state index is 0.781. The van der Waals surface area contributed by atoms with Gasteiger partial charge in [-0.3, -0.25) is 0 Å². The number of likely N-dealkylation sites (tertiary alicyclic amines) is 1. The molecule has 1 unspecified atom stereocenters. The van der Waals surface area contributed by atoms with Crippen molar-refractivity contribution in [2.75, 3.05) is 26.2 Å². The second-order valence-corrected chi connectivity index (χ2v) is 6.37. The average molecular weight is 268 g/mol. The third-order valence-electron chi connectivity index (χ3n) is 4.53. The summed E-state index contributed by atoms with van der Waals surface area (Å²) >= 11 is 0. The quantitative estimate of drug-likeness (QED) is 0.538. The largest absolute Gasteiger partial charge is 0.330 e. The van der Waals surface area contributed by atoms with Gasteiger partial charge in [0.2, 0.25) is 0 Å². The van der Waals surface area contributed by atoms with E-state index in [4.69, 9.17) is 5.73 Å². The molecule has 0 aliphatic carbocycles. The molecule has 1 rings (SSSR count). The van der Waals surface area contributed by atoms with Crippen LogP contribution in [0.25, 0.3) is 0 Å². The van der Waals surface area contributed by atoms with Crippen LogP contribution in [0.4, 0.5) is 0 Å². The lowest BCUT2D eigenvalue weighted by Gasteiger charge is -2.15. The van der Waals surface area contributed by atoms with E-state index in [1.807, 2.05) is 0 Å². The molecule has 0 saturated carbocycles. The van der Waals surface area contributed by atoms with E-state index in [0.717, 1.165) is 12.5 Å². The fourth-order valence-corrected chi connectivity index (χ4v) is 3.13. The Labute approximate surface area is 121 Å². The molecule has 1 aliphatic heterocycles. The first-order valence-corrected chi connectivity index (χ1v) is 8.79. The van der Waals surface area contributed by atoms with Crippen LogP contribution in [-0.4, -0.2) is 31.1 Å². The normalized spacial score (nSPS) is 20.2. The number of nitrogens with zero attached hydrogens (tertiary/aromatic N) is 1. The summed E-state index contributed by atoms with van der Waals surface area (Å²) in [6, 6.07) is 0. The molecule has 0 aromatic rings. The van der Waals surface area contributed by atoms with Gasteiger partial charge in [0.05, 0.1) is 0 Å². The van der Waals surface area contributed by atoms with Gasteiger partial charge in [0.25, 0.3) is 0 Å². The van der Waals surface area contributed by atoms with E-state index in [1.54, 1.807) is 0 Å². The molecule has 1 saturated heterocycles. The number of unbranched alkanes of at least 4 members (excludes halogenated alkanes) is 9. The zero-order valence-corrected chi connectivity index (χ0v) is 13.2. The number of nitrogens with two attached hydrogens (primary N) is 1. The highest BCUT2D eigenvalue weighted by atomic mass is 15.1. The van der Waals surface area contributed by atoms with Crippen molar-refractivity contribution in [3.8, 4) is 0 Å². The summed E-state index contributed by atoms with van der Waals surface area (Å²) in [6.45, 7) is 7.03. The highest BCUT2D eigenvalue weighted by molar-refractivity contribution is 4.75. The summed E-state index contributed by atoms with van der Waals surface area (Å²) < 4.78 is 0. The van der Waals surface area contributed by atoms with Crippen molar-refractivity contribution in [2.24, 2.45) is 11.7 Å². The second-order valence-electron chi connectivity index (χ2n) is 6.37. The van der Waals surface area contributed by atoms with Gasteiger partial charge in [-0.15, -0.1) is 0 Å². The van der Waals surface area contributed by atoms with E-state index in [0.29, 0.717) is 0 Å². The molecule has 0 aromatic carbocycles. The fraction of sp³-hybridized carbons (Fsp3) is 1.00. The number of rotatable bonds is 12. The third kappa shape index (κ3) is 8.65. The lowest BCUT2D eigenvalue weighted by atomic mass is 10.1. The van der Waals surface area contributed by atoms with Crippen LogP contribution in [0.5, 0.6) is 0 Å². The molecular weight excluding hydrogens is 232 g/mol. The van der Waals surface area contributed by atoms with Gasteiger partial charge >= 0.3 is 0 Å². The van der Waals surface area contributed by atoms with E-state index in [-0.39, 0.29) is 0 Å². The average Bonchev–Trinajstić information content (AvgIpc) is 2.89. The molecule has 2 N–H and O–H groups in total. The van der Waals surface area contributed by atoms with Gasteiger partial charge in [-0.05, 0) is 38.4 Å². The predicted molar refractivity (Wildman–Crippen MR) is 85.4 cm³/mol. The maximum atomic E-state index is 5.72. The molecule has 0 spiro atoms. The molecule has 1 aliphatic rings. The Hall–Kier alpha value is -0.0800. The first-order chi connectivity index (χ1) is 9.36. The summed E-state index contributed by atoms with van der Waals surface area (Å²) in [5.74, 6) is 0.781. The number of hydrogen-bond acceptors (Lipinski definition) is 2. The second kappa shape index (κ2) is 11.7. The van der Waals surface area contributed by atoms with Gasteiger partial charge in [0.1, 0.15) is 0 Å². The minimum Gasteiger partial charge on any atom is -0.330 e. The molecule has 1 fully saturated rings. The minimum atomic E-state index is 0.781. The molecule has 19 heavy (non-hydrogen) atoms. The van der Waals surface area contributed by atoms with Crippen LogP contribution in [-0.2, 0) is 0 Å². The van der Waals surface area contributed by atoms with Crippen LogP contribution in [0.15, 0.2) is 0 Å². The van der Waals surface area contributed by atoms with Crippen LogP contribution in [0, 0.1) is 5.92 Å². The van der Waals surface area contributed by atoms with Crippen molar-refractivity contribution < 1.29 is 0 Å². The Morgan fingerprint density at radius 3 is 2.00 bits per heavy atom. The Bertz CT molecular complexity index is 194. The Morgan fingerprint density at radius 1 is 0.895 bits per heavy atom. The molecule has 0 radical (unpaired) electrons. The molecular formula is C17H36N2. The summed E-state index contributed by atoms with van der Waals surface area (Å²) in [5.41, 5.74) is 5.72. The highest BCUT2D eigenvalue weighted by Crippen LogP contribution is 2.16. The predicted octanol–water partition coefficient (Wildman–Crippen LogP) is 4.19. The molecule has 1 heterocycles. The first kappa shape index (κ1) is 17.0. The molecule has 2 heteroatoms. The molecule has 2 nitrogen and oxygen atoms in total. The molecule has 1 atom stereocenters. The monoisotopic (exact) mass is 268 g/mol. The summed E-state index contributed by atoms with van der Waals surface area (Å²) in [5, 5.41) is 0. The van der Waals surface area contributed by atoms with Gasteiger partial charge in [-0.2, -0.15) is 0 Å². The summed E-state index contributed by atoms with van der Waals surface area (Å²) in [7, 11) is 0. The van der Waals surface area contributed by atoms with Crippen LogP contribution in [0.3, 0.4) is 0 Å². The lowest BCUT2D eigenvalue weighted by Crippen LogP contribution is -2.24. The number of hydrogen-bond donors (Lipinski definition) is 1. The maximum Gasteiger partial charge on any atom is 0.00222 e. The van der Waals surface area contributed by atoms with Crippen LogP contribution < -0.4 is 5.73 Å². The van der Waals surface area contributed by atoms with Crippen molar-refractivity contribution in [1.29, 1.82) is 0 Å². The van der Waals surface area contributed by atoms with Gasteiger partial charge in [-0.1, -0.05) is 64.7 Å². The fourth-order valence-electron chi connectivity index (χ4n) is 3.13. The SMILES string of the molecule is CCCCCCCCCCCCN1CCC(CN)C1. The summed E-state index contributed by atoms with van der Waals surface area (Å²) in [6.07, 6.45) is 15.7. The molecule has 114 valence electrons. The molecule has 0 aromatic heterocycles. The van der Waals surface area contributed by atoms with Crippen molar-refractivity contribution >= 4 is 0 Å². The third-order valence-corrected chi connectivity index (χ3v) is 4.53. The topological polar surface area (TPSA) is 29.3 Å². The van der Waals surface area contributed by atoms with Crippen molar-refractivity contribution in [1.82, 2.24) is 4.90 Å². The van der Waals surface area contributed by atoms with Gasteiger partial charge in [0.15, 0.2) is 0 Å². The Kier molecular flexibility index (Phi) is 10.5. The van der Waals surface area contributed by atoms with E-state index >= 15 is 0 Å². The van der Waals surface area contributed by atoms with E-state index in [9.17, 15) is 0 Å². The Morgan fingerprint density at radius 2 is 1.47 bits per heavy atom. The van der Waals surface area contributed by atoms with Gasteiger partial charge in [0, 0.05) is 6.54 Å². The van der Waals surface area contributed by atoms with Gasteiger partial charge in [-0.25, -0.2) is 0 Å². The van der Waals surface area contributed by atoms with E-state index < -0.39 is 0 Å². The van der Waals surface area contributed by atoms with Crippen molar-refractivity contribution in [3.05, 3.63) is 0 Å². The van der Waals surface area contributed by atoms with E-state index in [2.05, 4.69) is 11.8 Å². The maximum absolute atomic E-state index is 5.72. The zero-order valence-electron chi connectivity index (χ0n) is 13.2. The zero-order chi connectivity index (χ0) is 13.8. The highest BCUT2D eigenvalue weighted by Gasteiger charge is 2.19. The van der Waals surface area contributed by atoms with Crippen LogP contribution >= 0.6 is 0 Å². The van der Waals surface area contributed by atoms with Crippen molar-refractivity contribution in [3.63, 3.8) is 0 Å². The smallest absolute Gasteiger partial charge is 0.00222 e. The molecule has 0 bridgehead atoms. The summed E-state index contributed by atoms with van der Waals surface area (Å²) in [4.78, 5) is 2.61. The van der Waals surface area contributed by atoms with E-state index in [1.165, 1.54) is 90.3 Å². The van der Waals surface area contributed by atoms with Crippen LogP contribution in [0.2, 0.25) is 0 Å².